The second-order valence-corrected chi connectivity index (χ2v) is 18.0. The molecule has 5 amide bonds. The minimum Gasteiger partial charge on any atom is -0.497 e. The van der Waals surface area contributed by atoms with Crippen molar-refractivity contribution in [3.63, 3.8) is 0 Å². The Hall–Kier alpha value is -5.25. The predicted octanol–water partition coefficient (Wildman–Crippen LogP) is 6.02. The number of rotatable bonds is 10. The number of hydrogen-bond acceptors (Lipinski definition) is 12. The van der Waals surface area contributed by atoms with E-state index in [-0.39, 0.29) is 42.9 Å². The van der Waals surface area contributed by atoms with E-state index in [4.69, 9.17) is 24.2 Å². The number of amides is 5. The monoisotopic (exact) mass is 841 g/mol. The van der Waals surface area contributed by atoms with E-state index < -0.39 is 47.5 Å². The SMILES string of the molecule is COc1ccc2c(OC3CC4C(=O)NC5(C(=O)NC(=O)C6CC6)CC5/C=C/CCCCCC(NC(=O)OC5CCCC5)C(=O)N4C3)cc(-c3csc(NC(C)C)n3)nc2c1. The fourth-order valence-electron chi connectivity index (χ4n) is 8.59. The van der Waals surface area contributed by atoms with Crippen LogP contribution in [0.3, 0.4) is 0 Å². The van der Waals surface area contributed by atoms with Gasteiger partial charge >= 0.3 is 6.09 Å². The molecule has 15 nitrogen and oxygen atoms in total. The summed E-state index contributed by atoms with van der Waals surface area (Å²) in [6.45, 7) is 4.11. The Bertz CT molecular complexity index is 2150. The molecule has 320 valence electrons. The van der Waals surface area contributed by atoms with Gasteiger partial charge in [0.2, 0.25) is 17.7 Å². The van der Waals surface area contributed by atoms with Crippen LogP contribution in [-0.4, -0.2) is 94.1 Å². The van der Waals surface area contributed by atoms with E-state index in [2.05, 4.69) is 21.3 Å². The summed E-state index contributed by atoms with van der Waals surface area (Å²) >= 11 is 1.47. The minimum atomic E-state index is -1.33. The number of fused-ring (bicyclic) bond motifs is 3. The van der Waals surface area contributed by atoms with Crippen LogP contribution in [0.5, 0.6) is 11.5 Å². The number of allylic oxidation sites excluding steroid dienone is 1. The standard InChI is InChI=1S/C44H55N7O8S/c1-25(2)45-42-47-35(24-60-42)34-21-37(31-18-17-29(57-3)19-33(31)46-34)58-30-20-36-39(53)50-44(41(55)49-38(52)26-15-16-26)22-27(44)11-7-5-4-6-8-14-32(40(54)51(36)23-30)48-43(56)59-28-12-9-10-13-28/h7,11,17-19,21,24-28,30,32,36H,4-6,8-10,12-16,20,22-23H2,1-3H3,(H,45,47)(H,48,56)(H,50,53)(H,49,52,55)/b11-7+. The number of imide groups is 1. The largest absolute Gasteiger partial charge is 0.497 e. The first-order valence-electron chi connectivity index (χ1n) is 21.5. The molecular formula is C44H55N7O8S. The number of alkyl carbamates (subject to hydrolysis) is 1. The lowest BCUT2D eigenvalue weighted by Crippen LogP contribution is -2.58. The zero-order chi connectivity index (χ0) is 42.0. The van der Waals surface area contributed by atoms with Crippen molar-refractivity contribution in [3.05, 3.63) is 41.8 Å². The van der Waals surface area contributed by atoms with Gasteiger partial charge in [-0.15, -0.1) is 11.3 Å². The Morgan fingerprint density at radius 1 is 0.967 bits per heavy atom. The number of methoxy groups -OCH3 is 1. The van der Waals surface area contributed by atoms with Crippen molar-refractivity contribution in [2.75, 3.05) is 19.0 Å². The highest BCUT2D eigenvalue weighted by atomic mass is 32.1. The molecule has 3 saturated carbocycles. The first-order valence-corrected chi connectivity index (χ1v) is 22.4. The average Bonchev–Trinajstić information content (AvgIpc) is 3.99. The molecule has 0 radical (unpaired) electrons. The maximum Gasteiger partial charge on any atom is 0.408 e. The molecule has 4 N–H and O–H groups in total. The van der Waals surface area contributed by atoms with Gasteiger partial charge in [0.15, 0.2) is 5.13 Å². The molecule has 3 aromatic rings. The number of hydrogen-bond donors (Lipinski definition) is 4. The van der Waals surface area contributed by atoms with Gasteiger partial charge in [-0.3, -0.25) is 24.5 Å². The molecule has 3 aliphatic carbocycles. The smallest absolute Gasteiger partial charge is 0.408 e. The molecule has 0 bridgehead atoms. The van der Waals surface area contributed by atoms with Crippen LogP contribution in [-0.2, 0) is 23.9 Å². The van der Waals surface area contributed by atoms with Crippen molar-refractivity contribution in [3.8, 4) is 22.9 Å². The van der Waals surface area contributed by atoms with Gasteiger partial charge in [-0.1, -0.05) is 25.0 Å². The molecule has 5 atom stereocenters. The lowest BCUT2D eigenvalue weighted by Gasteiger charge is -2.30. The zero-order valence-corrected chi connectivity index (χ0v) is 35.3. The van der Waals surface area contributed by atoms with E-state index in [1.165, 1.54) is 16.2 Å². The second-order valence-electron chi connectivity index (χ2n) is 17.1. The van der Waals surface area contributed by atoms with Crippen molar-refractivity contribution in [2.24, 2.45) is 11.8 Å². The van der Waals surface area contributed by atoms with Crippen LogP contribution in [0.15, 0.2) is 41.8 Å². The zero-order valence-electron chi connectivity index (χ0n) is 34.5. The number of ether oxygens (including phenoxy) is 3. The molecular weight excluding hydrogens is 787 g/mol. The average molecular weight is 842 g/mol. The molecule has 16 heteroatoms. The predicted molar refractivity (Wildman–Crippen MR) is 225 cm³/mol. The van der Waals surface area contributed by atoms with Crippen LogP contribution < -0.4 is 30.7 Å². The quantitative estimate of drug-likeness (QED) is 0.138. The Morgan fingerprint density at radius 3 is 2.53 bits per heavy atom. The number of thiazole rings is 1. The van der Waals surface area contributed by atoms with Crippen molar-refractivity contribution < 1.29 is 38.2 Å². The molecule has 4 heterocycles. The molecule has 60 heavy (non-hydrogen) atoms. The maximum atomic E-state index is 14.8. The summed E-state index contributed by atoms with van der Waals surface area (Å²) in [6, 6.07) is 5.52. The molecule has 5 unspecified atom stereocenters. The number of pyridine rings is 1. The lowest BCUT2D eigenvalue weighted by molar-refractivity contribution is -0.141. The number of carbonyl (C=O) groups excluding carboxylic acids is 5. The summed E-state index contributed by atoms with van der Waals surface area (Å²) in [4.78, 5) is 80.4. The number of benzene rings is 1. The van der Waals surface area contributed by atoms with Gasteiger partial charge in [0, 0.05) is 47.2 Å². The Morgan fingerprint density at radius 2 is 1.77 bits per heavy atom. The molecule has 2 aromatic heterocycles. The topological polar surface area (TPSA) is 190 Å². The van der Waals surface area contributed by atoms with Gasteiger partial charge in [0.05, 0.1) is 24.9 Å². The number of anilines is 1. The van der Waals surface area contributed by atoms with Crippen molar-refractivity contribution >= 4 is 57.1 Å². The van der Waals surface area contributed by atoms with Gasteiger partial charge in [0.25, 0.3) is 5.91 Å². The van der Waals surface area contributed by atoms with E-state index in [0.717, 1.165) is 62.9 Å². The third-order valence-corrected chi connectivity index (χ3v) is 12.9. The molecule has 2 aliphatic heterocycles. The Labute approximate surface area is 353 Å². The fourth-order valence-corrected chi connectivity index (χ4v) is 9.44. The molecule has 8 rings (SSSR count). The van der Waals surface area contributed by atoms with Gasteiger partial charge < -0.3 is 35.1 Å². The third kappa shape index (κ3) is 9.38. The normalized spacial score (nSPS) is 26.6. The Kier molecular flexibility index (Phi) is 12.3. The fraction of sp³-hybridized carbons (Fsp3) is 0.568. The van der Waals surface area contributed by atoms with Crippen LogP contribution in [0.1, 0.15) is 97.3 Å². The summed E-state index contributed by atoms with van der Waals surface area (Å²) < 4.78 is 18.0. The highest BCUT2D eigenvalue weighted by Crippen LogP contribution is 2.46. The van der Waals surface area contributed by atoms with Crippen LogP contribution in [0.25, 0.3) is 22.3 Å². The second kappa shape index (κ2) is 17.8. The van der Waals surface area contributed by atoms with Crippen LogP contribution in [0, 0.1) is 11.8 Å². The molecule has 5 aliphatic rings. The van der Waals surface area contributed by atoms with E-state index >= 15 is 0 Å². The van der Waals surface area contributed by atoms with E-state index in [9.17, 15) is 24.0 Å². The Balaban J connectivity index is 1.11. The number of nitrogens with zero attached hydrogens (tertiary/aromatic N) is 3. The van der Waals surface area contributed by atoms with E-state index in [1.54, 1.807) is 7.11 Å². The van der Waals surface area contributed by atoms with Gasteiger partial charge in [0.1, 0.15) is 47.0 Å². The summed E-state index contributed by atoms with van der Waals surface area (Å²) in [7, 11) is 1.59. The van der Waals surface area contributed by atoms with Crippen LogP contribution in [0.4, 0.5) is 9.93 Å². The maximum absolute atomic E-state index is 14.8. The first-order chi connectivity index (χ1) is 29.0. The van der Waals surface area contributed by atoms with Gasteiger partial charge in [-0.05, 0) is 90.2 Å². The van der Waals surface area contributed by atoms with Gasteiger partial charge in [-0.25, -0.2) is 14.8 Å². The number of nitrogens with one attached hydrogen (secondary N) is 4. The minimum absolute atomic E-state index is 0.0317. The van der Waals surface area contributed by atoms with Crippen LogP contribution >= 0.6 is 11.3 Å². The highest BCUT2D eigenvalue weighted by molar-refractivity contribution is 7.14. The molecule has 0 spiro atoms. The van der Waals surface area contributed by atoms with E-state index in [0.29, 0.717) is 53.1 Å². The lowest BCUT2D eigenvalue weighted by atomic mass is 10.0. The first kappa shape index (κ1) is 41.5. The molecule has 4 fully saturated rings. The van der Waals surface area contributed by atoms with Crippen LogP contribution in [0.2, 0.25) is 0 Å². The van der Waals surface area contributed by atoms with E-state index in [1.807, 2.05) is 55.6 Å². The highest BCUT2D eigenvalue weighted by Gasteiger charge is 2.61. The summed E-state index contributed by atoms with van der Waals surface area (Å²) in [6.07, 6.45) is 11.3. The summed E-state index contributed by atoms with van der Waals surface area (Å²) in [5, 5.41) is 15.2. The van der Waals surface area contributed by atoms with Crippen molar-refractivity contribution in [1.82, 2.24) is 30.8 Å². The molecule has 1 saturated heterocycles. The number of aromatic nitrogens is 2. The van der Waals surface area contributed by atoms with Crippen molar-refractivity contribution in [2.45, 2.75) is 133 Å². The number of carbonyl (C=O) groups is 5. The van der Waals surface area contributed by atoms with Crippen molar-refractivity contribution in [1.29, 1.82) is 0 Å². The molecule has 1 aromatic carbocycles. The van der Waals surface area contributed by atoms with Gasteiger partial charge in [-0.2, -0.15) is 0 Å². The summed E-state index contributed by atoms with van der Waals surface area (Å²) in [5.74, 6) is -1.22. The third-order valence-electron chi connectivity index (χ3n) is 12.1. The summed E-state index contributed by atoms with van der Waals surface area (Å²) in [5.41, 5.74) is 0.510.